The van der Waals surface area contributed by atoms with Crippen LogP contribution in [0.15, 0.2) is 54.6 Å². The van der Waals surface area contributed by atoms with Crippen LogP contribution < -0.4 is 10.0 Å². The van der Waals surface area contributed by atoms with Crippen LogP contribution in [0.4, 0.5) is 5.69 Å². The van der Waals surface area contributed by atoms with Crippen LogP contribution >= 0.6 is 0 Å². The average molecular weight is 318 g/mol. The lowest BCUT2D eigenvalue weighted by Gasteiger charge is -2.06. The van der Waals surface area contributed by atoms with Crippen LogP contribution in [0.1, 0.15) is 15.9 Å². The Morgan fingerprint density at radius 2 is 1.64 bits per heavy atom. The second-order valence-electron chi connectivity index (χ2n) is 4.93. The predicted octanol–water partition coefficient (Wildman–Crippen LogP) is 2.03. The van der Waals surface area contributed by atoms with Gasteiger partial charge in [0.25, 0.3) is 5.91 Å². The summed E-state index contributed by atoms with van der Waals surface area (Å²) in [6.45, 7) is 0.342. The van der Waals surface area contributed by atoms with E-state index in [2.05, 4.69) is 10.0 Å². The molecule has 0 spiro atoms. The molecule has 0 atom stereocenters. The molecule has 5 nitrogen and oxygen atoms in total. The predicted molar refractivity (Wildman–Crippen MR) is 87.4 cm³/mol. The van der Waals surface area contributed by atoms with E-state index in [1.807, 2.05) is 42.5 Å². The molecule has 0 aliphatic rings. The number of para-hydroxylation sites is 1. The lowest BCUT2D eigenvalue weighted by Crippen LogP contribution is -2.24. The van der Waals surface area contributed by atoms with Crippen molar-refractivity contribution in [2.45, 2.75) is 6.42 Å². The second kappa shape index (κ2) is 7.20. The van der Waals surface area contributed by atoms with E-state index in [9.17, 15) is 13.2 Å². The van der Waals surface area contributed by atoms with Gasteiger partial charge in [0.2, 0.25) is 10.0 Å². The van der Waals surface area contributed by atoms with E-state index in [1.54, 1.807) is 12.1 Å². The minimum atomic E-state index is -3.16. The second-order valence-corrected chi connectivity index (χ2v) is 6.77. The Balaban J connectivity index is 1.92. The summed E-state index contributed by atoms with van der Waals surface area (Å²) in [5, 5.41) is 2.81. The first-order valence-corrected chi connectivity index (χ1v) is 8.73. The van der Waals surface area contributed by atoms with Crippen LogP contribution in [0, 0.1) is 0 Å². The van der Waals surface area contributed by atoms with Crippen molar-refractivity contribution in [2.24, 2.45) is 0 Å². The van der Waals surface area contributed by atoms with Gasteiger partial charge in [0.1, 0.15) is 0 Å². The smallest absolute Gasteiger partial charge is 0.255 e. The third kappa shape index (κ3) is 5.31. The first-order valence-electron chi connectivity index (χ1n) is 6.84. The molecular formula is C16H18N2O3S. The quantitative estimate of drug-likeness (QED) is 0.856. The number of hydrogen-bond acceptors (Lipinski definition) is 3. The zero-order valence-corrected chi connectivity index (χ0v) is 13.1. The summed E-state index contributed by atoms with van der Waals surface area (Å²) in [5.41, 5.74) is 2.27. The number of benzene rings is 2. The fourth-order valence-corrected chi connectivity index (χ4v) is 2.40. The number of sulfonamides is 1. The molecule has 0 saturated carbocycles. The normalized spacial score (nSPS) is 11.1. The SMILES string of the molecule is CS(=O)(=O)NCCc1ccc(C(=O)Nc2ccccc2)cc1. The summed E-state index contributed by atoms with van der Waals surface area (Å²) >= 11 is 0. The summed E-state index contributed by atoms with van der Waals surface area (Å²) in [7, 11) is -3.16. The highest BCUT2D eigenvalue weighted by atomic mass is 32.2. The van der Waals surface area contributed by atoms with Crippen molar-refractivity contribution in [3.63, 3.8) is 0 Å². The zero-order valence-electron chi connectivity index (χ0n) is 12.2. The minimum absolute atomic E-state index is 0.174. The first-order chi connectivity index (χ1) is 10.4. The molecule has 6 heteroatoms. The van der Waals surface area contributed by atoms with Crippen molar-refractivity contribution >= 4 is 21.6 Å². The highest BCUT2D eigenvalue weighted by Crippen LogP contribution is 2.10. The van der Waals surface area contributed by atoms with Crippen molar-refractivity contribution < 1.29 is 13.2 Å². The molecule has 0 aromatic heterocycles. The number of anilines is 1. The summed E-state index contributed by atoms with van der Waals surface area (Å²) < 4.78 is 24.4. The monoisotopic (exact) mass is 318 g/mol. The molecule has 0 unspecified atom stereocenters. The fraction of sp³-hybridized carbons (Fsp3) is 0.188. The van der Waals surface area contributed by atoms with Gasteiger partial charge in [-0.15, -0.1) is 0 Å². The van der Waals surface area contributed by atoms with Crippen molar-refractivity contribution in [3.8, 4) is 0 Å². The molecule has 2 aromatic carbocycles. The van der Waals surface area contributed by atoms with Gasteiger partial charge in [-0.3, -0.25) is 4.79 Å². The zero-order chi connectivity index (χ0) is 16.0. The van der Waals surface area contributed by atoms with E-state index in [0.717, 1.165) is 17.5 Å². The van der Waals surface area contributed by atoms with Crippen molar-refractivity contribution in [2.75, 3.05) is 18.1 Å². The van der Waals surface area contributed by atoms with E-state index >= 15 is 0 Å². The van der Waals surface area contributed by atoms with Gasteiger partial charge in [-0.25, -0.2) is 13.1 Å². The Labute approximate surface area is 130 Å². The largest absolute Gasteiger partial charge is 0.322 e. The van der Waals surface area contributed by atoms with E-state index in [0.29, 0.717) is 18.5 Å². The van der Waals surface area contributed by atoms with Gasteiger partial charge in [-0.2, -0.15) is 0 Å². The summed E-state index contributed by atoms with van der Waals surface area (Å²) in [6.07, 6.45) is 1.71. The number of carbonyl (C=O) groups is 1. The first kappa shape index (κ1) is 16.2. The summed E-state index contributed by atoms with van der Waals surface area (Å²) in [5.74, 6) is -0.174. The summed E-state index contributed by atoms with van der Waals surface area (Å²) in [6, 6.07) is 16.3. The van der Waals surface area contributed by atoms with Crippen LogP contribution in [-0.4, -0.2) is 27.1 Å². The number of nitrogens with one attached hydrogen (secondary N) is 2. The third-order valence-electron chi connectivity index (χ3n) is 3.03. The lowest BCUT2D eigenvalue weighted by atomic mass is 10.1. The molecule has 22 heavy (non-hydrogen) atoms. The molecule has 2 aromatic rings. The molecule has 1 amide bonds. The van der Waals surface area contributed by atoms with Crippen molar-refractivity contribution in [3.05, 3.63) is 65.7 Å². The maximum atomic E-state index is 12.1. The van der Waals surface area contributed by atoms with E-state index in [1.165, 1.54) is 0 Å². The Morgan fingerprint density at radius 3 is 2.23 bits per heavy atom. The van der Waals surface area contributed by atoms with Gasteiger partial charge in [0.15, 0.2) is 0 Å². The van der Waals surface area contributed by atoms with Crippen molar-refractivity contribution in [1.29, 1.82) is 0 Å². The molecule has 0 saturated heterocycles. The molecule has 0 aliphatic heterocycles. The average Bonchev–Trinajstić information content (AvgIpc) is 2.47. The molecular weight excluding hydrogens is 300 g/mol. The Morgan fingerprint density at radius 1 is 1.00 bits per heavy atom. The van der Waals surface area contributed by atoms with Crippen LogP contribution in [-0.2, 0) is 16.4 Å². The Kier molecular flexibility index (Phi) is 5.30. The minimum Gasteiger partial charge on any atom is -0.322 e. The molecule has 0 bridgehead atoms. The van der Waals surface area contributed by atoms with Gasteiger partial charge in [-0.1, -0.05) is 30.3 Å². The van der Waals surface area contributed by atoms with E-state index in [4.69, 9.17) is 0 Å². The molecule has 2 N–H and O–H groups in total. The topological polar surface area (TPSA) is 75.3 Å². The maximum absolute atomic E-state index is 12.1. The number of hydrogen-bond donors (Lipinski definition) is 2. The van der Waals surface area contributed by atoms with Crippen molar-refractivity contribution in [1.82, 2.24) is 4.72 Å². The Bertz CT molecular complexity index is 726. The van der Waals surface area contributed by atoms with Crippen LogP contribution in [0.2, 0.25) is 0 Å². The van der Waals surface area contributed by atoms with Crippen LogP contribution in [0.5, 0.6) is 0 Å². The molecule has 0 aliphatic carbocycles. The molecule has 116 valence electrons. The summed E-state index contributed by atoms with van der Waals surface area (Å²) in [4.78, 5) is 12.1. The Hall–Kier alpha value is -2.18. The van der Waals surface area contributed by atoms with Crippen LogP contribution in [0.3, 0.4) is 0 Å². The highest BCUT2D eigenvalue weighted by Gasteiger charge is 2.06. The van der Waals surface area contributed by atoms with Gasteiger partial charge in [-0.05, 0) is 36.2 Å². The molecule has 0 fully saturated rings. The third-order valence-corrected chi connectivity index (χ3v) is 3.75. The van der Waals surface area contributed by atoms with Crippen LogP contribution in [0.25, 0.3) is 0 Å². The van der Waals surface area contributed by atoms with Gasteiger partial charge < -0.3 is 5.32 Å². The highest BCUT2D eigenvalue weighted by molar-refractivity contribution is 7.88. The van der Waals surface area contributed by atoms with Gasteiger partial charge in [0, 0.05) is 17.8 Å². The maximum Gasteiger partial charge on any atom is 0.255 e. The number of rotatable bonds is 6. The molecule has 0 heterocycles. The molecule has 0 radical (unpaired) electrons. The molecule has 2 rings (SSSR count). The number of carbonyl (C=O) groups excluding carboxylic acids is 1. The van der Waals surface area contributed by atoms with E-state index in [-0.39, 0.29) is 5.91 Å². The van der Waals surface area contributed by atoms with Gasteiger partial charge in [0.05, 0.1) is 6.26 Å². The lowest BCUT2D eigenvalue weighted by molar-refractivity contribution is 0.102. The standard InChI is InChI=1S/C16H18N2O3S/c1-22(20,21)17-12-11-13-7-9-14(10-8-13)16(19)18-15-5-3-2-4-6-15/h2-10,17H,11-12H2,1H3,(H,18,19). The van der Waals surface area contributed by atoms with Gasteiger partial charge >= 0.3 is 0 Å². The number of amides is 1. The fourth-order valence-electron chi connectivity index (χ4n) is 1.93. The van der Waals surface area contributed by atoms with E-state index < -0.39 is 10.0 Å².